The first-order valence-corrected chi connectivity index (χ1v) is 7.50. The maximum atomic E-state index is 9.89. The molecule has 2 atom stereocenters. The number of nitriles is 3. The van der Waals surface area contributed by atoms with E-state index in [0.717, 1.165) is 11.1 Å². The van der Waals surface area contributed by atoms with Crippen molar-refractivity contribution in [1.82, 2.24) is 0 Å². The molecule has 0 unspecified atom stereocenters. The van der Waals surface area contributed by atoms with Crippen molar-refractivity contribution in [2.45, 2.75) is 18.3 Å². The molecule has 1 aliphatic rings. The first-order chi connectivity index (χ1) is 11.1. The van der Waals surface area contributed by atoms with E-state index in [1.165, 1.54) is 0 Å². The van der Waals surface area contributed by atoms with Crippen molar-refractivity contribution in [2.24, 2.45) is 5.41 Å². The number of aryl methyl sites for hydroxylation is 1. The van der Waals surface area contributed by atoms with Crippen LogP contribution in [0.1, 0.15) is 22.6 Å². The predicted octanol–water partition coefficient (Wildman–Crippen LogP) is 4.24. The van der Waals surface area contributed by atoms with Crippen LogP contribution in [-0.2, 0) is 5.41 Å². The van der Waals surface area contributed by atoms with E-state index in [9.17, 15) is 15.8 Å². The van der Waals surface area contributed by atoms with Crippen LogP contribution in [0.5, 0.6) is 0 Å². The summed E-state index contributed by atoms with van der Waals surface area (Å²) in [5, 5.41) is 29.8. The molecule has 4 heteroatoms. The highest BCUT2D eigenvalue weighted by Crippen LogP contribution is 2.74. The highest BCUT2D eigenvalue weighted by molar-refractivity contribution is 6.30. The van der Waals surface area contributed by atoms with Crippen LogP contribution in [0.25, 0.3) is 0 Å². The van der Waals surface area contributed by atoms with Gasteiger partial charge in [-0.2, -0.15) is 15.8 Å². The average molecular weight is 318 g/mol. The number of benzene rings is 2. The van der Waals surface area contributed by atoms with E-state index in [4.69, 9.17) is 11.6 Å². The molecule has 23 heavy (non-hydrogen) atoms. The lowest BCUT2D eigenvalue weighted by atomic mass is 9.88. The fourth-order valence-corrected chi connectivity index (χ4v) is 3.61. The van der Waals surface area contributed by atoms with E-state index in [-0.39, 0.29) is 0 Å². The SMILES string of the molecule is Cc1cccc([C@@H]2C(C#N)(C#N)[C@]2(C#N)c2ccc(Cl)cc2)c1. The van der Waals surface area contributed by atoms with E-state index in [2.05, 4.69) is 18.2 Å². The van der Waals surface area contributed by atoms with Crippen molar-refractivity contribution in [3.05, 3.63) is 70.2 Å². The first-order valence-electron chi connectivity index (χ1n) is 7.12. The van der Waals surface area contributed by atoms with Gasteiger partial charge in [0, 0.05) is 10.9 Å². The molecule has 0 aromatic heterocycles. The Labute approximate surface area is 140 Å². The summed E-state index contributed by atoms with van der Waals surface area (Å²) >= 11 is 5.93. The second-order valence-corrected chi connectivity index (χ2v) is 6.24. The minimum Gasteiger partial charge on any atom is -0.197 e. The Morgan fingerprint density at radius 3 is 2.13 bits per heavy atom. The highest BCUT2D eigenvalue weighted by atomic mass is 35.5. The van der Waals surface area contributed by atoms with E-state index in [0.29, 0.717) is 10.6 Å². The Morgan fingerprint density at radius 1 is 0.957 bits per heavy atom. The molecule has 0 saturated heterocycles. The van der Waals surface area contributed by atoms with Crippen LogP contribution >= 0.6 is 11.6 Å². The summed E-state index contributed by atoms with van der Waals surface area (Å²) in [4.78, 5) is 0. The number of halogens is 1. The standard InChI is InChI=1S/C19H12ClN3/c1-13-3-2-4-14(9-13)17-18(10-21,11-22)19(17,12-23)15-5-7-16(20)8-6-15/h2-9,17H,1H3/t17-,19-/m1/s1. The average Bonchev–Trinajstić information content (AvgIpc) is 3.19. The predicted molar refractivity (Wildman–Crippen MR) is 86.3 cm³/mol. The van der Waals surface area contributed by atoms with Crippen LogP contribution in [0.15, 0.2) is 48.5 Å². The van der Waals surface area contributed by atoms with Crippen LogP contribution in [0.3, 0.4) is 0 Å². The number of rotatable bonds is 2. The maximum absolute atomic E-state index is 9.89. The molecule has 0 radical (unpaired) electrons. The zero-order valence-electron chi connectivity index (χ0n) is 12.4. The van der Waals surface area contributed by atoms with Crippen molar-refractivity contribution in [3.8, 4) is 18.2 Å². The molecule has 0 N–H and O–H groups in total. The third-order valence-electron chi connectivity index (χ3n) is 4.61. The first kappa shape index (κ1) is 15.1. The molecular formula is C19H12ClN3. The molecule has 2 aromatic carbocycles. The third kappa shape index (κ3) is 1.86. The van der Waals surface area contributed by atoms with Crippen molar-refractivity contribution in [1.29, 1.82) is 15.8 Å². The quantitative estimate of drug-likeness (QED) is 0.831. The van der Waals surface area contributed by atoms with Crippen LogP contribution in [0.4, 0.5) is 0 Å². The second-order valence-electron chi connectivity index (χ2n) is 5.81. The van der Waals surface area contributed by atoms with E-state index < -0.39 is 16.7 Å². The molecule has 1 aliphatic carbocycles. The van der Waals surface area contributed by atoms with Crippen molar-refractivity contribution in [3.63, 3.8) is 0 Å². The van der Waals surface area contributed by atoms with Gasteiger partial charge < -0.3 is 0 Å². The molecule has 1 fully saturated rings. The van der Waals surface area contributed by atoms with Gasteiger partial charge in [-0.1, -0.05) is 53.6 Å². The van der Waals surface area contributed by atoms with E-state index >= 15 is 0 Å². The zero-order chi connectivity index (χ0) is 16.7. The van der Waals surface area contributed by atoms with Crippen molar-refractivity contribution < 1.29 is 0 Å². The Balaban J connectivity index is 2.23. The molecule has 0 aliphatic heterocycles. The van der Waals surface area contributed by atoms with Gasteiger partial charge >= 0.3 is 0 Å². The molecule has 110 valence electrons. The van der Waals surface area contributed by atoms with Gasteiger partial charge in [-0.25, -0.2) is 0 Å². The molecule has 3 rings (SSSR count). The molecular weight excluding hydrogens is 306 g/mol. The number of hydrogen-bond donors (Lipinski definition) is 0. The smallest absolute Gasteiger partial charge is 0.175 e. The molecule has 0 amide bonds. The molecule has 3 nitrogen and oxygen atoms in total. The fraction of sp³-hybridized carbons (Fsp3) is 0.211. The lowest BCUT2D eigenvalue weighted by molar-refractivity contribution is 0.742. The lowest BCUT2D eigenvalue weighted by Gasteiger charge is -2.10. The van der Waals surface area contributed by atoms with Gasteiger partial charge in [0.1, 0.15) is 5.41 Å². The monoisotopic (exact) mass is 317 g/mol. The Morgan fingerprint density at radius 2 is 1.61 bits per heavy atom. The number of nitrogens with zero attached hydrogens (tertiary/aromatic N) is 3. The molecule has 1 saturated carbocycles. The van der Waals surface area contributed by atoms with Gasteiger partial charge in [-0.15, -0.1) is 0 Å². The lowest BCUT2D eigenvalue weighted by Crippen LogP contribution is -2.14. The summed E-state index contributed by atoms with van der Waals surface area (Å²) < 4.78 is 0. The topological polar surface area (TPSA) is 71.4 Å². The van der Waals surface area contributed by atoms with E-state index in [1.54, 1.807) is 24.3 Å². The van der Waals surface area contributed by atoms with Gasteiger partial charge in [0.25, 0.3) is 0 Å². The molecule has 2 aromatic rings. The Kier molecular flexibility index (Phi) is 3.37. The van der Waals surface area contributed by atoms with E-state index in [1.807, 2.05) is 31.2 Å². The largest absolute Gasteiger partial charge is 0.197 e. The second kappa shape index (κ2) is 5.13. The van der Waals surface area contributed by atoms with Crippen molar-refractivity contribution in [2.75, 3.05) is 0 Å². The van der Waals surface area contributed by atoms with Crippen LogP contribution in [0, 0.1) is 46.3 Å². The Bertz CT molecular complexity index is 882. The summed E-state index contributed by atoms with van der Waals surface area (Å²) in [6.07, 6.45) is 0. The highest BCUT2D eigenvalue weighted by Gasteiger charge is 2.81. The van der Waals surface area contributed by atoms with Crippen molar-refractivity contribution >= 4 is 11.6 Å². The molecule has 0 heterocycles. The summed E-state index contributed by atoms with van der Waals surface area (Å²) in [5.74, 6) is -0.476. The van der Waals surface area contributed by atoms with Gasteiger partial charge in [-0.05, 0) is 30.2 Å². The van der Waals surface area contributed by atoms with Crippen LogP contribution in [0.2, 0.25) is 5.02 Å². The normalized spacial score (nSPS) is 24.0. The van der Waals surface area contributed by atoms with Crippen LogP contribution in [-0.4, -0.2) is 0 Å². The summed E-state index contributed by atoms with van der Waals surface area (Å²) in [5.41, 5.74) is -0.0381. The van der Waals surface area contributed by atoms with Gasteiger partial charge in [0.2, 0.25) is 0 Å². The fourth-order valence-electron chi connectivity index (χ4n) is 3.48. The summed E-state index contributed by atoms with van der Waals surface area (Å²) in [7, 11) is 0. The maximum Gasteiger partial charge on any atom is 0.175 e. The summed E-state index contributed by atoms with van der Waals surface area (Å²) in [6.45, 7) is 1.95. The van der Waals surface area contributed by atoms with Crippen LogP contribution < -0.4 is 0 Å². The summed E-state index contributed by atoms with van der Waals surface area (Å²) in [6, 6.07) is 20.9. The minimum absolute atomic E-state index is 0.476. The molecule has 0 bridgehead atoms. The van der Waals surface area contributed by atoms with Gasteiger partial charge in [-0.3, -0.25) is 0 Å². The molecule has 0 spiro atoms. The third-order valence-corrected chi connectivity index (χ3v) is 4.86. The number of hydrogen-bond acceptors (Lipinski definition) is 3. The minimum atomic E-state index is -1.39. The van der Waals surface area contributed by atoms with Gasteiger partial charge in [0.15, 0.2) is 5.41 Å². The van der Waals surface area contributed by atoms with Gasteiger partial charge in [0.05, 0.1) is 18.2 Å². The zero-order valence-corrected chi connectivity index (χ0v) is 13.2. The Hall–Kier alpha value is -2.80.